The van der Waals surface area contributed by atoms with E-state index in [9.17, 15) is 4.79 Å². The molecule has 1 amide bonds. The zero-order chi connectivity index (χ0) is 15.5. The van der Waals surface area contributed by atoms with Gasteiger partial charge in [0.1, 0.15) is 11.9 Å². The third-order valence-electron chi connectivity index (χ3n) is 3.81. The van der Waals surface area contributed by atoms with Crippen LogP contribution in [-0.2, 0) is 10.2 Å². The van der Waals surface area contributed by atoms with E-state index >= 15 is 0 Å². The van der Waals surface area contributed by atoms with Gasteiger partial charge >= 0.3 is 0 Å². The van der Waals surface area contributed by atoms with E-state index in [4.69, 9.17) is 0 Å². The van der Waals surface area contributed by atoms with Gasteiger partial charge in [-0.3, -0.25) is 4.79 Å². The van der Waals surface area contributed by atoms with Crippen LogP contribution in [0.15, 0.2) is 18.3 Å². The highest BCUT2D eigenvalue weighted by Crippen LogP contribution is 2.24. The summed E-state index contributed by atoms with van der Waals surface area (Å²) in [7, 11) is 0. The minimum absolute atomic E-state index is 0.0615. The van der Waals surface area contributed by atoms with Crippen molar-refractivity contribution in [3.05, 3.63) is 23.9 Å². The molecule has 0 saturated carbocycles. The Morgan fingerprint density at radius 1 is 1.48 bits per heavy atom. The predicted molar refractivity (Wildman–Crippen MR) is 85.6 cm³/mol. The Kier molecular flexibility index (Phi) is 4.83. The Morgan fingerprint density at radius 3 is 2.81 bits per heavy atom. The lowest BCUT2D eigenvalue weighted by Crippen LogP contribution is -2.58. The van der Waals surface area contributed by atoms with Crippen LogP contribution in [0.1, 0.15) is 33.3 Å². The first-order valence-corrected chi connectivity index (χ1v) is 7.65. The number of likely N-dealkylation sites (N-methyl/N-ethyl adjacent to an activating group) is 1. The van der Waals surface area contributed by atoms with Crippen molar-refractivity contribution in [2.45, 2.75) is 39.2 Å². The summed E-state index contributed by atoms with van der Waals surface area (Å²) in [4.78, 5) is 18.9. The average molecular weight is 290 g/mol. The smallest absolute Gasteiger partial charge is 0.244 e. The molecule has 5 heteroatoms. The maximum Gasteiger partial charge on any atom is 0.244 e. The number of piperazine rings is 1. The molecule has 2 rings (SSSR count). The van der Waals surface area contributed by atoms with E-state index in [1.165, 1.54) is 5.56 Å². The predicted octanol–water partition coefficient (Wildman–Crippen LogP) is 1.29. The molecule has 1 fully saturated rings. The van der Waals surface area contributed by atoms with Gasteiger partial charge in [0.05, 0.1) is 0 Å². The molecule has 0 spiro atoms. The summed E-state index contributed by atoms with van der Waals surface area (Å²) in [5.41, 5.74) is 1.30. The summed E-state index contributed by atoms with van der Waals surface area (Å²) in [6.07, 6.45) is 1.92. The zero-order valence-corrected chi connectivity index (χ0v) is 13.4. The molecule has 0 bridgehead atoms. The van der Waals surface area contributed by atoms with E-state index in [2.05, 4.69) is 47.4 Å². The van der Waals surface area contributed by atoms with Crippen molar-refractivity contribution in [3.8, 4) is 0 Å². The Bertz CT molecular complexity index is 478. The molecule has 1 unspecified atom stereocenters. The van der Waals surface area contributed by atoms with E-state index in [0.717, 1.165) is 18.9 Å². The molecule has 0 aromatic carbocycles. The number of pyridine rings is 1. The second kappa shape index (κ2) is 6.43. The Hall–Kier alpha value is -1.62. The summed E-state index contributed by atoms with van der Waals surface area (Å²) in [6, 6.07) is 3.95. The van der Waals surface area contributed by atoms with Gasteiger partial charge in [-0.15, -0.1) is 0 Å². The zero-order valence-electron chi connectivity index (χ0n) is 13.4. The number of nitrogens with one attached hydrogen (secondary N) is 2. The largest absolute Gasteiger partial charge is 0.355 e. The Labute approximate surface area is 127 Å². The Balaban J connectivity index is 2.19. The van der Waals surface area contributed by atoms with Crippen LogP contribution in [0.3, 0.4) is 0 Å². The number of aromatic nitrogens is 1. The van der Waals surface area contributed by atoms with Crippen molar-refractivity contribution in [2.24, 2.45) is 0 Å². The Morgan fingerprint density at radius 2 is 2.24 bits per heavy atom. The van der Waals surface area contributed by atoms with Crippen molar-refractivity contribution in [1.82, 2.24) is 15.6 Å². The van der Waals surface area contributed by atoms with Crippen LogP contribution in [0.25, 0.3) is 0 Å². The van der Waals surface area contributed by atoms with Crippen LogP contribution < -0.4 is 15.5 Å². The van der Waals surface area contributed by atoms with Crippen LogP contribution >= 0.6 is 0 Å². The van der Waals surface area contributed by atoms with E-state index in [0.29, 0.717) is 13.1 Å². The number of amides is 1. The molecule has 1 aliphatic heterocycles. The summed E-state index contributed by atoms with van der Waals surface area (Å²) < 4.78 is 0. The first-order valence-electron chi connectivity index (χ1n) is 7.65. The first kappa shape index (κ1) is 15.8. The summed E-state index contributed by atoms with van der Waals surface area (Å²) in [5.74, 6) is 0.937. The van der Waals surface area contributed by atoms with E-state index in [1.54, 1.807) is 0 Å². The van der Waals surface area contributed by atoms with Crippen LogP contribution in [-0.4, -0.2) is 43.1 Å². The number of hydrogen-bond acceptors (Lipinski definition) is 4. The molecular formula is C16H26N4O. The topological polar surface area (TPSA) is 57.3 Å². The number of carbonyl (C=O) groups is 1. The molecule has 21 heavy (non-hydrogen) atoms. The number of anilines is 1. The minimum atomic E-state index is -0.188. The van der Waals surface area contributed by atoms with Gasteiger partial charge in [-0.05, 0) is 24.0 Å². The molecule has 1 atom stereocenters. The number of nitrogens with zero attached hydrogens (tertiary/aromatic N) is 2. The van der Waals surface area contributed by atoms with Crippen molar-refractivity contribution < 1.29 is 4.79 Å². The first-order chi connectivity index (χ1) is 9.93. The molecule has 1 aromatic rings. The third-order valence-corrected chi connectivity index (χ3v) is 3.81. The molecule has 5 nitrogen and oxygen atoms in total. The SMILES string of the molecule is CCNC(=O)C1CNCCN1c1ccc(C(C)(C)C)cn1. The maximum atomic E-state index is 12.2. The fourth-order valence-corrected chi connectivity index (χ4v) is 2.50. The fraction of sp³-hybridized carbons (Fsp3) is 0.625. The van der Waals surface area contributed by atoms with Gasteiger partial charge in [0.15, 0.2) is 0 Å². The highest BCUT2D eigenvalue weighted by Gasteiger charge is 2.29. The standard InChI is InChI=1S/C16H26N4O/c1-5-18-15(21)13-11-17-8-9-20(13)14-7-6-12(10-19-14)16(2,3)4/h6-7,10,13,17H,5,8-9,11H2,1-4H3,(H,18,21). The second-order valence-corrected chi connectivity index (χ2v) is 6.46. The van der Waals surface area contributed by atoms with Gasteiger partial charge in [-0.25, -0.2) is 4.98 Å². The summed E-state index contributed by atoms with van der Waals surface area (Å²) >= 11 is 0. The molecule has 1 saturated heterocycles. The lowest BCUT2D eigenvalue weighted by Gasteiger charge is -2.36. The van der Waals surface area contributed by atoms with Gasteiger partial charge in [-0.1, -0.05) is 26.8 Å². The summed E-state index contributed by atoms with van der Waals surface area (Å²) in [6.45, 7) is 11.4. The maximum absolute atomic E-state index is 12.2. The van der Waals surface area contributed by atoms with Crippen molar-refractivity contribution in [2.75, 3.05) is 31.1 Å². The third kappa shape index (κ3) is 3.73. The molecule has 0 radical (unpaired) electrons. The molecule has 2 N–H and O–H groups in total. The van der Waals surface area contributed by atoms with Crippen LogP contribution in [0.4, 0.5) is 5.82 Å². The van der Waals surface area contributed by atoms with Crippen molar-refractivity contribution >= 4 is 11.7 Å². The molecule has 0 aliphatic carbocycles. The highest BCUT2D eigenvalue weighted by atomic mass is 16.2. The van der Waals surface area contributed by atoms with Gasteiger partial charge in [0, 0.05) is 32.4 Å². The van der Waals surface area contributed by atoms with Crippen LogP contribution in [0, 0.1) is 0 Å². The number of rotatable bonds is 3. The quantitative estimate of drug-likeness (QED) is 0.881. The van der Waals surface area contributed by atoms with Gasteiger partial charge < -0.3 is 15.5 Å². The lowest BCUT2D eigenvalue weighted by molar-refractivity contribution is -0.122. The molecule has 1 aromatic heterocycles. The van der Waals surface area contributed by atoms with E-state index < -0.39 is 0 Å². The fourth-order valence-electron chi connectivity index (χ4n) is 2.50. The highest BCUT2D eigenvalue weighted by molar-refractivity contribution is 5.85. The molecule has 116 valence electrons. The van der Waals surface area contributed by atoms with Crippen LogP contribution in [0.5, 0.6) is 0 Å². The minimum Gasteiger partial charge on any atom is -0.355 e. The second-order valence-electron chi connectivity index (χ2n) is 6.46. The normalized spacial score (nSPS) is 19.4. The van der Waals surface area contributed by atoms with Crippen molar-refractivity contribution in [1.29, 1.82) is 0 Å². The van der Waals surface area contributed by atoms with Crippen molar-refractivity contribution in [3.63, 3.8) is 0 Å². The lowest BCUT2D eigenvalue weighted by atomic mass is 9.88. The van der Waals surface area contributed by atoms with Gasteiger partial charge in [0.2, 0.25) is 5.91 Å². The molecule has 2 heterocycles. The van der Waals surface area contributed by atoms with Gasteiger partial charge in [-0.2, -0.15) is 0 Å². The summed E-state index contributed by atoms with van der Waals surface area (Å²) in [5, 5.41) is 6.18. The molecule has 1 aliphatic rings. The van der Waals surface area contributed by atoms with Crippen LogP contribution in [0.2, 0.25) is 0 Å². The van der Waals surface area contributed by atoms with E-state index in [-0.39, 0.29) is 17.4 Å². The van der Waals surface area contributed by atoms with Gasteiger partial charge in [0.25, 0.3) is 0 Å². The monoisotopic (exact) mass is 290 g/mol. The number of carbonyl (C=O) groups excluding carboxylic acids is 1. The number of hydrogen-bond donors (Lipinski definition) is 2. The average Bonchev–Trinajstić information content (AvgIpc) is 2.47. The molecular weight excluding hydrogens is 264 g/mol. The van der Waals surface area contributed by atoms with E-state index in [1.807, 2.05) is 19.2 Å².